The molecule has 2 atom stereocenters. The predicted molar refractivity (Wildman–Crippen MR) is 66.9 cm³/mol. The fourth-order valence-electron chi connectivity index (χ4n) is 2.42. The number of aryl methyl sites for hydroxylation is 1. The quantitative estimate of drug-likeness (QED) is 0.835. The van der Waals surface area contributed by atoms with E-state index in [2.05, 4.69) is 5.32 Å². The third kappa shape index (κ3) is 2.53. The van der Waals surface area contributed by atoms with Gasteiger partial charge in [-0.25, -0.2) is 4.39 Å². The van der Waals surface area contributed by atoms with Crippen molar-refractivity contribution in [3.63, 3.8) is 0 Å². The highest BCUT2D eigenvalue weighted by Gasteiger charge is 2.35. The number of hydrogen-bond donors (Lipinski definition) is 1. The van der Waals surface area contributed by atoms with Gasteiger partial charge in [-0.2, -0.15) is 0 Å². The van der Waals surface area contributed by atoms with Crippen molar-refractivity contribution in [3.05, 3.63) is 35.1 Å². The highest BCUT2D eigenvalue weighted by Crippen LogP contribution is 2.30. The first-order valence-corrected chi connectivity index (χ1v) is 6.27. The molecule has 0 aliphatic carbocycles. The molecule has 0 radical (unpaired) electrons. The summed E-state index contributed by atoms with van der Waals surface area (Å²) < 4.78 is 18.3. The Bertz CT molecular complexity index is 447. The van der Waals surface area contributed by atoms with Gasteiger partial charge in [-0.15, -0.1) is 0 Å². The lowest BCUT2D eigenvalue weighted by Gasteiger charge is -2.18. The van der Waals surface area contributed by atoms with Gasteiger partial charge in [-0.3, -0.25) is 4.79 Å². The molecule has 18 heavy (non-hydrogen) atoms. The predicted octanol–water partition coefficient (Wildman–Crippen LogP) is 2.00. The van der Waals surface area contributed by atoms with E-state index < -0.39 is 0 Å². The fourth-order valence-corrected chi connectivity index (χ4v) is 2.42. The lowest BCUT2D eigenvalue weighted by Crippen LogP contribution is -2.24. The van der Waals surface area contributed by atoms with E-state index >= 15 is 0 Å². The number of hydrogen-bond acceptors (Lipinski definition) is 3. The number of rotatable bonds is 3. The van der Waals surface area contributed by atoms with Crippen LogP contribution in [0.3, 0.4) is 0 Å². The van der Waals surface area contributed by atoms with E-state index in [-0.39, 0.29) is 23.6 Å². The van der Waals surface area contributed by atoms with Crippen molar-refractivity contribution in [1.82, 2.24) is 5.32 Å². The van der Waals surface area contributed by atoms with Crippen molar-refractivity contribution in [3.8, 4) is 0 Å². The molecule has 1 aliphatic rings. The second kappa shape index (κ2) is 5.48. The number of carbonyl (C=O) groups is 1. The van der Waals surface area contributed by atoms with Crippen molar-refractivity contribution in [2.24, 2.45) is 5.92 Å². The maximum Gasteiger partial charge on any atom is 0.310 e. The Morgan fingerprint density at radius 2 is 2.28 bits per heavy atom. The van der Waals surface area contributed by atoms with Crippen molar-refractivity contribution in [2.75, 3.05) is 19.7 Å². The van der Waals surface area contributed by atoms with Crippen molar-refractivity contribution < 1.29 is 13.9 Å². The summed E-state index contributed by atoms with van der Waals surface area (Å²) in [6, 6.07) is 5.04. The smallest absolute Gasteiger partial charge is 0.310 e. The van der Waals surface area contributed by atoms with Crippen LogP contribution in [0.15, 0.2) is 18.2 Å². The number of esters is 1. The standard InChI is InChI=1S/C14H18FNO2/c1-3-18-14(17)12-8-16-7-11(12)10-4-5-13(15)9(2)6-10/h4-6,11-12,16H,3,7-8H2,1-2H3/t11-,12+/m0/s1. The van der Waals surface area contributed by atoms with E-state index in [0.29, 0.717) is 18.7 Å². The van der Waals surface area contributed by atoms with Crippen LogP contribution in [-0.4, -0.2) is 25.7 Å². The molecule has 0 amide bonds. The first-order valence-electron chi connectivity index (χ1n) is 6.27. The molecular weight excluding hydrogens is 233 g/mol. The van der Waals surface area contributed by atoms with Crippen molar-refractivity contribution in [1.29, 1.82) is 0 Å². The number of carbonyl (C=O) groups excluding carboxylic acids is 1. The van der Waals surface area contributed by atoms with E-state index in [0.717, 1.165) is 12.1 Å². The molecule has 0 spiro atoms. The zero-order valence-electron chi connectivity index (χ0n) is 10.7. The monoisotopic (exact) mass is 251 g/mol. The van der Waals surface area contributed by atoms with E-state index in [1.54, 1.807) is 19.9 Å². The highest BCUT2D eigenvalue weighted by molar-refractivity contribution is 5.74. The van der Waals surface area contributed by atoms with Gasteiger partial charge >= 0.3 is 5.97 Å². The zero-order valence-corrected chi connectivity index (χ0v) is 10.7. The van der Waals surface area contributed by atoms with Crippen LogP contribution in [0.4, 0.5) is 4.39 Å². The fraction of sp³-hybridized carbons (Fsp3) is 0.500. The Hall–Kier alpha value is -1.42. The average Bonchev–Trinajstić information content (AvgIpc) is 2.82. The van der Waals surface area contributed by atoms with Crippen molar-refractivity contribution >= 4 is 5.97 Å². The third-order valence-electron chi connectivity index (χ3n) is 3.41. The largest absolute Gasteiger partial charge is 0.466 e. The van der Waals surface area contributed by atoms with Gasteiger partial charge in [-0.1, -0.05) is 12.1 Å². The zero-order chi connectivity index (χ0) is 13.1. The van der Waals surface area contributed by atoms with E-state index in [4.69, 9.17) is 4.74 Å². The lowest BCUT2D eigenvalue weighted by molar-refractivity contribution is -0.147. The molecule has 0 unspecified atom stereocenters. The Morgan fingerprint density at radius 3 is 2.94 bits per heavy atom. The van der Waals surface area contributed by atoms with Crippen LogP contribution in [0.5, 0.6) is 0 Å². The molecule has 4 heteroatoms. The highest BCUT2D eigenvalue weighted by atomic mass is 19.1. The van der Waals surface area contributed by atoms with Gasteiger partial charge in [0.05, 0.1) is 12.5 Å². The average molecular weight is 251 g/mol. The molecule has 1 saturated heterocycles. The minimum Gasteiger partial charge on any atom is -0.466 e. The molecule has 1 heterocycles. The number of nitrogens with one attached hydrogen (secondary N) is 1. The molecule has 1 aromatic carbocycles. The second-order valence-electron chi connectivity index (χ2n) is 4.63. The number of ether oxygens (including phenoxy) is 1. The molecule has 1 fully saturated rings. The van der Waals surface area contributed by atoms with E-state index in [1.807, 2.05) is 6.07 Å². The van der Waals surface area contributed by atoms with Crippen LogP contribution >= 0.6 is 0 Å². The summed E-state index contributed by atoms with van der Waals surface area (Å²) >= 11 is 0. The van der Waals surface area contributed by atoms with Crippen LogP contribution in [0.2, 0.25) is 0 Å². The normalized spacial score (nSPS) is 23.1. The summed E-state index contributed by atoms with van der Waals surface area (Å²) in [7, 11) is 0. The van der Waals surface area contributed by atoms with Gasteiger partial charge in [0, 0.05) is 19.0 Å². The van der Waals surface area contributed by atoms with Gasteiger partial charge in [0.1, 0.15) is 5.82 Å². The summed E-state index contributed by atoms with van der Waals surface area (Å²) in [6.07, 6.45) is 0. The van der Waals surface area contributed by atoms with Gasteiger partial charge in [0.2, 0.25) is 0 Å². The first-order chi connectivity index (χ1) is 8.63. The molecule has 0 saturated carbocycles. The van der Waals surface area contributed by atoms with Gasteiger partial charge < -0.3 is 10.1 Å². The van der Waals surface area contributed by atoms with E-state index in [9.17, 15) is 9.18 Å². The Morgan fingerprint density at radius 1 is 1.50 bits per heavy atom. The molecule has 98 valence electrons. The SMILES string of the molecule is CCOC(=O)[C@@H]1CNC[C@H]1c1ccc(F)c(C)c1. The van der Waals surface area contributed by atoms with Gasteiger partial charge in [-0.05, 0) is 31.0 Å². The lowest BCUT2D eigenvalue weighted by atomic mass is 9.88. The Kier molecular flexibility index (Phi) is 3.97. The third-order valence-corrected chi connectivity index (χ3v) is 3.41. The second-order valence-corrected chi connectivity index (χ2v) is 4.63. The summed E-state index contributed by atoms with van der Waals surface area (Å²) in [5.74, 6) is -0.481. The van der Waals surface area contributed by atoms with Crippen LogP contribution in [0.1, 0.15) is 24.0 Å². The molecular formula is C14H18FNO2. The molecule has 1 aromatic rings. The maximum absolute atomic E-state index is 13.3. The van der Waals surface area contributed by atoms with Crippen LogP contribution in [0.25, 0.3) is 0 Å². The van der Waals surface area contributed by atoms with Crippen molar-refractivity contribution in [2.45, 2.75) is 19.8 Å². The molecule has 0 bridgehead atoms. The molecule has 2 rings (SSSR count). The summed E-state index contributed by atoms with van der Waals surface area (Å²) in [5.41, 5.74) is 1.61. The van der Waals surface area contributed by atoms with Gasteiger partial charge in [0.15, 0.2) is 0 Å². The molecule has 3 nitrogen and oxygen atoms in total. The Labute approximate surface area is 106 Å². The van der Waals surface area contributed by atoms with Crippen LogP contribution in [-0.2, 0) is 9.53 Å². The Balaban J connectivity index is 2.20. The van der Waals surface area contributed by atoms with Crippen LogP contribution in [0, 0.1) is 18.7 Å². The van der Waals surface area contributed by atoms with Gasteiger partial charge in [0.25, 0.3) is 0 Å². The summed E-state index contributed by atoms with van der Waals surface area (Å²) in [4.78, 5) is 11.8. The first kappa shape index (κ1) is 13.0. The van der Waals surface area contributed by atoms with E-state index in [1.165, 1.54) is 6.07 Å². The maximum atomic E-state index is 13.3. The molecule has 0 aromatic heterocycles. The number of halogens is 1. The minimum atomic E-state index is -0.211. The molecule has 1 N–H and O–H groups in total. The summed E-state index contributed by atoms with van der Waals surface area (Å²) in [6.45, 7) is 5.29. The molecule has 1 aliphatic heterocycles. The minimum absolute atomic E-state index is 0.0725. The number of benzene rings is 1. The van der Waals surface area contributed by atoms with Crippen LogP contribution < -0.4 is 5.32 Å². The summed E-state index contributed by atoms with van der Waals surface area (Å²) in [5, 5.41) is 3.20. The topological polar surface area (TPSA) is 38.3 Å².